The van der Waals surface area contributed by atoms with Gasteiger partial charge in [0.1, 0.15) is 11.5 Å². The van der Waals surface area contributed by atoms with Gasteiger partial charge in [-0.25, -0.2) is 0 Å². The van der Waals surface area contributed by atoms with Crippen molar-refractivity contribution in [1.82, 2.24) is 10.4 Å². The van der Waals surface area contributed by atoms with E-state index < -0.39 is 0 Å². The van der Waals surface area contributed by atoms with Crippen LogP contribution in [0.1, 0.15) is 35.9 Å². The molecule has 2 atom stereocenters. The molecule has 5 heteroatoms. The summed E-state index contributed by atoms with van der Waals surface area (Å²) >= 11 is 6.29. The van der Waals surface area contributed by atoms with Crippen LogP contribution in [0.2, 0.25) is 5.02 Å². The summed E-state index contributed by atoms with van der Waals surface area (Å²) in [6.07, 6.45) is 1.98. The molecule has 0 aliphatic carbocycles. The lowest BCUT2D eigenvalue weighted by atomic mass is 10.0. The van der Waals surface area contributed by atoms with Crippen molar-refractivity contribution in [2.75, 3.05) is 6.61 Å². The lowest BCUT2D eigenvalue weighted by Crippen LogP contribution is -2.43. The molecule has 29 heavy (non-hydrogen) atoms. The third kappa shape index (κ3) is 3.35. The maximum Gasteiger partial charge on any atom is 0.195 e. The van der Waals surface area contributed by atoms with Crippen molar-refractivity contribution in [3.05, 3.63) is 101 Å². The third-order valence-corrected chi connectivity index (χ3v) is 5.45. The molecule has 2 aliphatic heterocycles. The van der Waals surface area contributed by atoms with E-state index in [0.717, 1.165) is 33.9 Å². The Morgan fingerprint density at radius 1 is 1.03 bits per heavy atom. The Hall–Kier alpha value is -2.95. The molecule has 3 aromatic carbocycles. The van der Waals surface area contributed by atoms with Crippen molar-refractivity contribution >= 4 is 17.3 Å². The Morgan fingerprint density at radius 2 is 1.83 bits per heavy atom. The van der Waals surface area contributed by atoms with Crippen LogP contribution < -0.4 is 14.9 Å². The molecule has 0 amide bonds. The first-order valence-corrected chi connectivity index (χ1v) is 10.1. The SMILES string of the molecule is CCOc1ccc(C2=C[C@@H]3c4cc(Cl)ccc4O[C@@H](c4ccccc4)N3N2)cc1. The van der Waals surface area contributed by atoms with Crippen molar-refractivity contribution in [3.63, 3.8) is 0 Å². The number of hydrogen-bond donors (Lipinski definition) is 1. The monoisotopic (exact) mass is 404 g/mol. The quantitative estimate of drug-likeness (QED) is 0.601. The number of rotatable bonds is 4. The lowest BCUT2D eigenvalue weighted by molar-refractivity contribution is -0.0326. The average Bonchev–Trinajstić information content (AvgIpc) is 3.20. The van der Waals surface area contributed by atoms with E-state index in [1.807, 2.05) is 55.5 Å². The third-order valence-electron chi connectivity index (χ3n) is 5.22. The molecule has 1 N–H and O–H groups in total. The second kappa shape index (κ2) is 7.47. The van der Waals surface area contributed by atoms with Gasteiger partial charge in [-0.05, 0) is 61.0 Å². The fourth-order valence-electron chi connectivity index (χ4n) is 3.87. The standard InChI is InChI=1S/C24H21ClN2O2/c1-2-28-19-11-8-16(9-12-19)21-15-22-20-14-18(25)10-13-23(20)29-24(27(22)26-21)17-6-4-3-5-7-17/h3-15,22,24,26H,2H2,1H3/t22-,24+/m1/s1. The molecule has 2 heterocycles. The van der Waals surface area contributed by atoms with E-state index in [1.165, 1.54) is 0 Å². The fourth-order valence-corrected chi connectivity index (χ4v) is 4.05. The van der Waals surface area contributed by atoms with Crippen LogP contribution in [0, 0.1) is 0 Å². The van der Waals surface area contributed by atoms with Gasteiger partial charge in [-0.2, -0.15) is 5.01 Å². The van der Waals surface area contributed by atoms with Gasteiger partial charge in [0.25, 0.3) is 0 Å². The molecule has 2 aliphatic rings. The van der Waals surface area contributed by atoms with Gasteiger partial charge >= 0.3 is 0 Å². The normalized spacial score (nSPS) is 20.1. The molecule has 0 saturated heterocycles. The van der Waals surface area contributed by atoms with Gasteiger partial charge < -0.3 is 14.9 Å². The lowest BCUT2D eigenvalue weighted by Gasteiger charge is -2.39. The maximum absolute atomic E-state index is 6.37. The van der Waals surface area contributed by atoms with Crippen molar-refractivity contribution in [1.29, 1.82) is 0 Å². The zero-order valence-corrected chi connectivity index (χ0v) is 16.8. The van der Waals surface area contributed by atoms with E-state index in [9.17, 15) is 0 Å². The number of hydrazine groups is 1. The van der Waals surface area contributed by atoms with E-state index in [-0.39, 0.29) is 12.3 Å². The molecule has 5 rings (SSSR count). The summed E-state index contributed by atoms with van der Waals surface area (Å²) < 4.78 is 11.9. The highest BCUT2D eigenvalue weighted by atomic mass is 35.5. The van der Waals surface area contributed by atoms with Gasteiger partial charge in [0, 0.05) is 16.1 Å². The van der Waals surface area contributed by atoms with Crippen LogP contribution in [-0.4, -0.2) is 11.6 Å². The summed E-state index contributed by atoms with van der Waals surface area (Å²) in [5, 5.41) is 2.84. The van der Waals surface area contributed by atoms with Crippen molar-refractivity contribution in [2.45, 2.75) is 19.2 Å². The minimum atomic E-state index is -0.244. The van der Waals surface area contributed by atoms with E-state index in [2.05, 4.69) is 40.8 Å². The highest BCUT2D eigenvalue weighted by Gasteiger charge is 2.40. The second-order valence-electron chi connectivity index (χ2n) is 7.06. The minimum absolute atomic E-state index is 0.0178. The zero-order chi connectivity index (χ0) is 19.8. The largest absolute Gasteiger partial charge is 0.494 e. The number of nitrogens with zero attached hydrogens (tertiary/aromatic N) is 1. The number of ether oxygens (including phenoxy) is 2. The second-order valence-corrected chi connectivity index (χ2v) is 7.50. The van der Waals surface area contributed by atoms with Crippen LogP contribution in [0.5, 0.6) is 11.5 Å². The molecular weight excluding hydrogens is 384 g/mol. The van der Waals surface area contributed by atoms with E-state index >= 15 is 0 Å². The van der Waals surface area contributed by atoms with E-state index in [0.29, 0.717) is 11.6 Å². The molecule has 4 nitrogen and oxygen atoms in total. The van der Waals surface area contributed by atoms with Gasteiger partial charge in [-0.15, -0.1) is 0 Å². The summed E-state index contributed by atoms with van der Waals surface area (Å²) in [5.41, 5.74) is 7.83. The summed E-state index contributed by atoms with van der Waals surface area (Å²) in [7, 11) is 0. The van der Waals surface area contributed by atoms with Crippen molar-refractivity contribution in [3.8, 4) is 11.5 Å². The summed E-state index contributed by atoms with van der Waals surface area (Å²) in [6, 6.07) is 24.2. The van der Waals surface area contributed by atoms with E-state index in [1.54, 1.807) is 0 Å². The first-order chi connectivity index (χ1) is 14.2. The first-order valence-electron chi connectivity index (χ1n) is 9.74. The van der Waals surface area contributed by atoms with Crippen LogP contribution >= 0.6 is 11.6 Å². The van der Waals surface area contributed by atoms with Crippen LogP contribution in [0.4, 0.5) is 0 Å². The Morgan fingerprint density at radius 3 is 2.59 bits per heavy atom. The minimum Gasteiger partial charge on any atom is -0.494 e. The first kappa shape index (κ1) is 18.1. The number of fused-ring (bicyclic) bond motifs is 3. The molecule has 0 unspecified atom stereocenters. The van der Waals surface area contributed by atoms with Crippen molar-refractivity contribution < 1.29 is 9.47 Å². The molecule has 0 radical (unpaired) electrons. The number of nitrogens with one attached hydrogen (secondary N) is 1. The van der Waals surface area contributed by atoms with Gasteiger partial charge in [0.2, 0.25) is 0 Å². The van der Waals surface area contributed by atoms with Crippen LogP contribution in [0.15, 0.2) is 78.9 Å². The molecule has 0 saturated carbocycles. The average molecular weight is 405 g/mol. The van der Waals surface area contributed by atoms with E-state index in [4.69, 9.17) is 21.1 Å². The summed E-state index contributed by atoms with van der Waals surface area (Å²) in [6.45, 7) is 2.64. The van der Waals surface area contributed by atoms with Gasteiger partial charge in [-0.1, -0.05) is 41.9 Å². The number of halogens is 1. The molecule has 0 fully saturated rings. The van der Waals surface area contributed by atoms with Gasteiger partial charge in [0.15, 0.2) is 6.23 Å². The van der Waals surface area contributed by atoms with Gasteiger partial charge in [-0.3, -0.25) is 0 Å². The maximum atomic E-state index is 6.37. The molecule has 0 spiro atoms. The van der Waals surface area contributed by atoms with Crippen LogP contribution in [-0.2, 0) is 0 Å². The summed E-state index contributed by atoms with van der Waals surface area (Å²) in [4.78, 5) is 0. The molecule has 146 valence electrons. The highest BCUT2D eigenvalue weighted by Crippen LogP contribution is 2.46. The topological polar surface area (TPSA) is 33.7 Å². The predicted octanol–water partition coefficient (Wildman–Crippen LogP) is 5.73. The van der Waals surface area contributed by atoms with Crippen LogP contribution in [0.25, 0.3) is 5.70 Å². The fraction of sp³-hybridized carbons (Fsp3) is 0.167. The zero-order valence-electron chi connectivity index (χ0n) is 16.0. The summed E-state index contributed by atoms with van der Waals surface area (Å²) in [5.74, 6) is 1.73. The Bertz CT molecular complexity index is 1050. The number of hydrogen-bond acceptors (Lipinski definition) is 4. The molecule has 0 bridgehead atoms. The van der Waals surface area contributed by atoms with Crippen LogP contribution in [0.3, 0.4) is 0 Å². The molecule has 0 aromatic heterocycles. The molecule has 3 aromatic rings. The van der Waals surface area contributed by atoms with Gasteiger partial charge in [0.05, 0.1) is 18.3 Å². The smallest absolute Gasteiger partial charge is 0.195 e. The highest BCUT2D eigenvalue weighted by molar-refractivity contribution is 6.30. The predicted molar refractivity (Wildman–Crippen MR) is 115 cm³/mol. The number of benzene rings is 3. The molecular formula is C24H21ClN2O2. The Balaban J connectivity index is 1.54. The van der Waals surface area contributed by atoms with Crippen molar-refractivity contribution in [2.24, 2.45) is 0 Å². The Kier molecular flexibility index (Phi) is 4.66. The Labute approximate surface area is 175 Å².